The molecule has 0 bridgehead atoms. The van der Waals surface area contributed by atoms with Gasteiger partial charge in [0.15, 0.2) is 5.82 Å². The van der Waals surface area contributed by atoms with Gasteiger partial charge in [-0.15, -0.1) is 0 Å². The topological polar surface area (TPSA) is 101 Å². The predicted octanol–water partition coefficient (Wildman–Crippen LogP) is 1.80. The number of imidazole rings is 1. The van der Waals surface area contributed by atoms with Gasteiger partial charge < -0.3 is 4.57 Å². The number of benzene rings is 1. The first-order valence-electron chi connectivity index (χ1n) is 7.52. The Morgan fingerprint density at radius 1 is 1.08 bits per heavy atom. The fourth-order valence-electron chi connectivity index (χ4n) is 2.31. The van der Waals surface area contributed by atoms with Crippen LogP contribution in [-0.4, -0.2) is 29.5 Å². The zero-order valence-corrected chi connectivity index (χ0v) is 14.0. The van der Waals surface area contributed by atoms with Crippen LogP contribution < -0.4 is 4.72 Å². The fourth-order valence-corrected chi connectivity index (χ4v) is 3.33. The molecule has 0 aliphatic heterocycles. The number of pyridine rings is 1. The van der Waals surface area contributed by atoms with E-state index in [1.54, 1.807) is 18.6 Å². The van der Waals surface area contributed by atoms with Crippen molar-refractivity contribution in [3.8, 4) is 17.6 Å². The maximum Gasteiger partial charge on any atom is 0.240 e. The van der Waals surface area contributed by atoms with Gasteiger partial charge in [-0.1, -0.05) is 6.07 Å². The van der Waals surface area contributed by atoms with Crippen LogP contribution in [-0.2, 0) is 16.6 Å². The summed E-state index contributed by atoms with van der Waals surface area (Å²) >= 11 is 0. The standard InChI is InChI=1S/C17H15N5O2S/c18-13-14-4-6-15(7-5-14)25(23,24)21-10-12-22-11-9-20-17(22)16-3-1-2-8-19-16/h1-9,11,21H,10,12H2. The highest BCUT2D eigenvalue weighted by Gasteiger charge is 2.14. The molecule has 1 N–H and O–H groups in total. The minimum absolute atomic E-state index is 0.127. The predicted molar refractivity (Wildman–Crippen MR) is 91.8 cm³/mol. The summed E-state index contributed by atoms with van der Waals surface area (Å²) in [4.78, 5) is 8.65. The highest BCUT2D eigenvalue weighted by Crippen LogP contribution is 2.14. The van der Waals surface area contributed by atoms with Gasteiger partial charge in [0, 0.05) is 31.7 Å². The van der Waals surface area contributed by atoms with E-state index >= 15 is 0 Å². The summed E-state index contributed by atoms with van der Waals surface area (Å²) in [6.45, 7) is 0.625. The van der Waals surface area contributed by atoms with Crippen molar-refractivity contribution in [1.29, 1.82) is 5.26 Å². The molecule has 0 unspecified atom stereocenters. The van der Waals surface area contributed by atoms with Crippen molar-refractivity contribution in [3.63, 3.8) is 0 Å². The second-order valence-corrected chi connectivity index (χ2v) is 6.96. The van der Waals surface area contributed by atoms with E-state index in [9.17, 15) is 8.42 Å². The van der Waals surface area contributed by atoms with Crippen molar-refractivity contribution in [2.24, 2.45) is 0 Å². The molecule has 0 fully saturated rings. The number of sulfonamides is 1. The molecule has 0 aliphatic carbocycles. The van der Waals surface area contributed by atoms with Crippen LogP contribution in [0, 0.1) is 11.3 Å². The van der Waals surface area contributed by atoms with E-state index in [4.69, 9.17) is 5.26 Å². The Morgan fingerprint density at radius 3 is 2.56 bits per heavy atom. The van der Waals surface area contributed by atoms with E-state index in [0.717, 1.165) is 5.69 Å². The number of hydrogen-bond acceptors (Lipinski definition) is 5. The first-order valence-corrected chi connectivity index (χ1v) is 9.01. The third-order valence-electron chi connectivity index (χ3n) is 3.55. The van der Waals surface area contributed by atoms with Crippen LogP contribution in [0.1, 0.15) is 5.56 Å². The van der Waals surface area contributed by atoms with Crippen molar-refractivity contribution >= 4 is 10.0 Å². The molecule has 0 amide bonds. The second kappa shape index (κ2) is 7.25. The number of nitrogens with zero attached hydrogens (tertiary/aromatic N) is 4. The lowest BCUT2D eigenvalue weighted by Gasteiger charge is -2.09. The summed E-state index contributed by atoms with van der Waals surface area (Å²) in [5.41, 5.74) is 1.14. The summed E-state index contributed by atoms with van der Waals surface area (Å²) in [7, 11) is -3.62. The van der Waals surface area contributed by atoms with Crippen LogP contribution in [0.15, 0.2) is 66.0 Å². The van der Waals surface area contributed by atoms with E-state index in [-0.39, 0.29) is 11.4 Å². The number of aromatic nitrogens is 3. The molecule has 0 saturated carbocycles. The molecule has 0 atom stereocenters. The molecule has 2 heterocycles. The van der Waals surface area contributed by atoms with E-state index in [1.165, 1.54) is 24.3 Å². The lowest BCUT2D eigenvalue weighted by Crippen LogP contribution is -2.27. The number of nitriles is 1. The molecule has 8 heteroatoms. The Labute approximate surface area is 145 Å². The Balaban J connectivity index is 1.67. The molecule has 25 heavy (non-hydrogen) atoms. The normalized spacial score (nSPS) is 11.2. The van der Waals surface area contributed by atoms with Crippen molar-refractivity contribution in [1.82, 2.24) is 19.3 Å². The van der Waals surface area contributed by atoms with Gasteiger partial charge in [0.1, 0.15) is 5.69 Å². The van der Waals surface area contributed by atoms with Crippen LogP contribution in [0.4, 0.5) is 0 Å². The number of hydrogen-bond donors (Lipinski definition) is 1. The molecule has 0 radical (unpaired) electrons. The lowest BCUT2D eigenvalue weighted by atomic mass is 10.2. The van der Waals surface area contributed by atoms with Crippen molar-refractivity contribution in [2.45, 2.75) is 11.4 Å². The van der Waals surface area contributed by atoms with E-state index < -0.39 is 10.0 Å². The second-order valence-electron chi connectivity index (χ2n) is 5.19. The van der Waals surface area contributed by atoms with Crippen molar-refractivity contribution in [3.05, 3.63) is 66.6 Å². The van der Waals surface area contributed by atoms with Gasteiger partial charge in [-0.3, -0.25) is 4.98 Å². The van der Waals surface area contributed by atoms with Crippen LogP contribution >= 0.6 is 0 Å². The highest BCUT2D eigenvalue weighted by atomic mass is 32.2. The maximum atomic E-state index is 12.3. The van der Waals surface area contributed by atoms with Gasteiger partial charge in [-0.25, -0.2) is 18.1 Å². The Kier molecular flexibility index (Phi) is 4.88. The molecule has 2 aromatic heterocycles. The average molecular weight is 353 g/mol. The largest absolute Gasteiger partial charge is 0.328 e. The number of rotatable bonds is 6. The molecule has 7 nitrogen and oxygen atoms in total. The smallest absolute Gasteiger partial charge is 0.240 e. The molecule has 3 rings (SSSR count). The molecule has 1 aromatic carbocycles. The average Bonchev–Trinajstić information content (AvgIpc) is 3.11. The molecule has 0 aliphatic rings. The zero-order chi connectivity index (χ0) is 17.7. The van der Waals surface area contributed by atoms with Crippen molar-refractivity contribution in [2.75, 3.05) is 6.54 Å². The Morgan fingerprint density at radius 2 is 1.88 bits per heavy atom. The molecular formula is C17H15N5O2S. The van der Waals surface area contributed by atoms with Gasteiger partial charge in [-0.05, 0) is 36.4 Å². The third-order valence-corrected chi connectivity index (χ3v) is 5.02. The molecule has 0 spiro atoms. The van der Waals surface area contributed by atoms with Gasteiger partial charge in [-0.2, -0.15) is 5.26 Å². The molecule has 0 saturated heterocycles. The van der Waals surface area contributed by atoms with E-state index in [0.29, 0.717) is 17.9 Å². The Bertz CT molecular complexity index is 990. The van der Waals surface area contributed by atoms with Crippen LogP contribution in [0.3, 0.4) is 0 Å². The first-order chi connectivity index (χ1) is 12.1. The summed E-state index contributed by atoms with van der Waals surface area (Å²) in [5, 5.41) is 8.77. The fraction of sp³-hybridized carbons (Fsp3) is 0.118. The summed E-state index contributed by atoms with van der Waals surface area (Å²) < 4.78 is 29.0. The molecule has 3 aromatic rings. The molecule has 126 valence electrons. The van der Waals surface area contributed by atoms with Gasteiger partial charge in [0.05, 0.1) is 16.5 Å². The molecular weight excluding hydrogens is 338 g/mol. The third kappa shape index (κ3) is 3.91. The lowest BCUT2D eigenvalue weighted by molar-refractivity contribution is 0.573. The summed E-state index contributed by atoms with van der Waals surface area (Å²) in [5.74, 6) is 0.679. The summed E-state index contributed by atoms with van der Waals surface area (Å²) in [6.07, 6.45) is 5.11. The minimum Gasteiger partial charge on any atom is -0.328 e. The first kappa shape index (κ1) is 16.8. The van der Waals surface area contributed by atoms with Gasteiger partial charge >= 0.3 is 0 Å². The van der Waals surface area contributed by atoms with Gasteiger partial charge in [0.2, 0.25) is 10.0 Å². The van der Waals surface area contributed by atoms with E-state index in [2.05, 4.69) is 14.7 Å². The quantitative estimate of drug-likeness (QED) is 0.728. The minimum atomic E-state index is -3.62. The number of nitrogens with one attached hydrogen (secondary N) is 1. The van der Waals surface area contributed by atoms with Crippen LogP contribution in [0.5, 0.6) is 0 Å². The van der Waals surface area contributed by atoms with Crippen LogP contribution in [0.25, 0.3) is 11.5 Å². The highest BCUT2D eigenvalue weighted by molar-refractivity contribution is 7.89. The van der Waals surface area contributed by atoms with Gasteiger partial charge in [0.25, 0.3) is 0 Å². The monoisotopic (exact) mass is 353 g/mol. The zero-order valence-electron chi connectivity index (χ0n) is 13.2. The van der Waals surface area contributed by atoms with Crippen molar-refractivity contribution < 1.29 is 8.42 Å². The van der Waals surface area contributed by atoms with E-state index in [1.807, 2.05) is 28.8 Å². The maximum absolute atomic E-state index is 12.3. The SMILES string of the molecule is N#Cc1ccc(S(=O)(=O)NCCn2ccnc2-c2ccccn2)cc1. The summed E-state index contributed by atoms with van der Waals surface area (Å²) in [6, 6.07) is 13.3. The Hall–Kier alpha value is -3.02. The van der Waals surface area contributed by atoms with Crippen LogP contribution in [0.2, 0.25) is 0 Å².